The van der Waals surface area contributed by atoms with E-state index in [1.807, 2.05) is 6.92 Å². The number of hydrogen-bond donors (Lipinski definition) is 0. The highest BCUT2D eigenvalue weighted by atomic mass is 32.2. The van der Waals surface area contributed by atoms with Gasteiger partial charge >= 0.3 is 0 Å². The molecule has 0 fully saturated rings. The maximum absolute atomic E-state index is 5.48. The van der Waals surface area contributed by atoms with Crippen LogP contribution in [0.3, 0.4) is 0 Å². The van der Waals surface area contributed by atoms with Crippen molar-refractivity contribution in [1.29, 1.82) is 0 Å². The van der Waals surface area contributed by atoms with Crippen LogP contribution in [0.2, 0.25) is 0 Å². The van der Waals surface area contributed by atoms with Crippen molar-refractivity contribution >= 4 is 11.8 Å². The fourth-order valence-corrected chi connectivity index (χ4v) is 2.02. The Morgan fingerprint density at radius 2 is 2.18 bits per heavy atom. The third kappa shape index (κ3) is 3.06. The predicted octanol–water partition coefficient (Wildman–Crippen LogP) is 2.57. The molecular weight excluding hydrogens is 240 g/mol. The molecule has 1 unspecified atom stereocenters. The summed E-state index contributed by atoms with van der Waals surface area (Å²) >= 11 is 1.43. The lowest BCUT2D eigenvalue weighted by molar-refractivity contribution is 0.387. The SMILES string of the molecule is CCCc1nnc(SC(C)c2noc(C)n2)o1. The normalized spacial score (nSPS) is 12.9. The average Bonchev–Trinajstić information content (AvgIpc) is 2.88. The second kappa shape index (κ2) is 5.31. The highest BCUT2D eigenvalue weighted by molar-refractivity contribution is 7.99. The molecule has 0 aromatic carbocycles. The van der Waals surface area contributed by atoms with Gasteiger partial charge in [0.05, 0.1) is 5.25 Å². The molecule has 7 heteroatoms. The largest absolute Gasteiger partial charge is 0.416 e. The van der Waals surface area contributed by atoms with Crippen LogP contribution in [-0.4, -0.2) is 20.3 Å². The van der Waals surface area contributed by atoms with Crippen LogP contribution in [0.15, 0.2) is 14.2 Å². The van der Waals surface area contributed by atoms with E-state index < -0.39 is 0 Å². The predicted molar refractivity (Wildman–Crippen MR) is 61.6 cm³/mol. The van der Waals surface area contributed by atoms with Gasteiger partial charge in [0.25, 0.3) is 5.22 Å². The second-order valence-electron chi connectivity index (χ2n) is 3.64. The zero-order chi connectivity index (χ0) is 12.3. The molecule has 1 atom stereocenters. The van der Waals surface area contributed by atoms with Gasteiger partial charge in [0.15, 0.2) is 5.82 Å². The number of hydrogen-bond acceptors (Lipinski definition) is 7. The van der Waals surface area contributed by atoms with Gasteiger partial charge < -0.3 is 8.94 Å². The average molecular weight is 254 g/mol. The van der Waals surface area contributed by atoms with Gasteiger partial charge in [-0.3, -0.25) is 0 Å². The van der Waals surface area contributed by atoms with E-state index in [-0.39, 0.29) is 5.25 Å². The fraction of sp³-hybridized carbons (Fsp3) is 0.600. The van der Waals surface area contributed by atoms with E-state index in [4.69, 9.17) is 8.94 Å². The molecule has 0 bridgehead atoms. The van der Waals surface area contributed by atoms with E-state index in [9.17, 15) is 0 Å². The van der Waals surface area contributed by atoms with Crippen LogP contribution >= 0.6 is 11.8 Å². The molecule has 2 aromatic rings. The van der Waals surface area contributed by atoms with Crippen molar-refractivity contribution in [2.75, 3.05) is 0 Å². The Morgan fingerprint density at radius 3 is 2.82 bits per heavy atom. The lowest BCUT2D eigenvalue weighted by Gasteiger charge is -2.00. The minimum Gasteiger partial charge on any atom is -0.416 e. The molecule has 0 aliphatic rings. The van der Waals surface area contributed by atoms with Crippen molar-refractivity contribution in [3.05, 3.63) is 17.6 Å². The molecule has 2 rings (SSSR count). The smallest absolute Gasteiger partial charge is 0.277 e. The summed E-state index contributed by atoms with van der Waals surface area (Å²) < 4.78 is 10.4. The molecular formula is C10H14N4O2S. The van der Waals surface area contributed by atoms with Gasteiger partial charge in [-0.05, 0) is 13.3 Å². The van der Waals surface area contributed by atoms with Crippen LogP contribution in [0.4, 0.5) is 0 Å². The Bertz CT molecular complexity index is 482. The summed E-state index contributed by atoms with van der Waals surface area (Å²) in [6.07, 6.45) is 1.80. The van der Waals surface area contributed by atoms with Crippen LogP contribution in [-0.2, 0) is 6.42 Å². The number of aryl methyl sites for hydroxylation is 2. The molecule has 0 amide bonds. The molecule has 0 N–H and O–H groups in total. The van der Waals surface area contributed by atoms with Gasteiger partial charge in [0.2, 0.25) is 11.8 Å². The first-order valence-corrected chi connectivity index (χ1v) is 6.36. The van der Waals surface area contributed by atoms with Crippen LogP contribution in [0.25, 0.3) is 0 Å². The Balaban J connectivity index is 1.99. The number of rotatable bonds is 5. The lowest BCUT2D eigenvalue weighted by atomic mass is 10.3. The van der Waals surface area contributed by atoms with Crippen LogP contribution in [0.5, 0.6) is 0 Å². The van der Waals surface area contributed by atoms with Crippen LogP contribution in [0.1, 0.15) is 43.1 Å². The third-order valence-corrected chi connectivity index (χ3v) is 3.03. The summed E-state index contributed by atoms with van der Waals surface area (Å²) in [4.78, 5) is 4.16. The Hall–Kier alpha value is -1.37. The Labute approximate surface area is 103 Å². The maximum Gasteiger partial charge on any atom is 0.277 e. The molecule has 2 heterocycles. The molecule has 6 nitrogen and oxygen atoms in total. The summed E-state index contributed by atoms with van der Waals surface area (Å²) in [5.41, 5.74) is 0. The Morgan fingerprint density at radius 1 is 1.35 bits per heavy atom. The first-order valence-electron chi connectivity index (χ1n) is 5.48. The van der Waals surface area contributed by atoms with Gasteiger partial charge in [-0.25, -0.2) is 0 Å². The molecule has 17 heavy (non-hydrogen) atoms. The summed E-state index contributed by atoms with van der Waals surface area (Å²) in [6, 6.07) is 0. The molecule has 2 aromatic heterocycles. The molecule has 0 saturated carbocycles. The van der Waals surface area contributed by atoms with Gasteiger partial charge in [-0.15, -0.1) is 10.2 Å². The highest BCUT2D eigenvalue weighted by Crippen LogP contribution is 2.32. The highest BCUT2D eigenvalue weighted by Gasteiger charge is 2.17. The fourth-order valence-electron chi connectivity index (χ4n) is 1.28. The summed E-state index contributed by atoms with van der Waals surface area (Å²) in [5, 5.41) is 12.4. The first kappa shape index (κ1) is 12.1. The zero-order valence-corrected chi connectivity index (χ0v) is 10.8. The van der Waals surface area contributed by atoms with Crippen molar-refractivity contribution < 1.29 is 8.94 Å². The van der Waals surface area contributed by atoms with Crippen molar-refractivity contribution in [2.45, 2.75) is 44.1 Å². The molecule has 0 radical (unpaired) electrons. The van der Waals surface area contributed by atoms with E-state index in [1.54, 1.807) is 6.92 Å². The van der Waals surface area contributed by atoms with E-state index in [0.717, 1.165) is 12.8 Å². The first-order chi connectivity index (χ1) is 8.19. The molecule has 0 spiro atoms. The summed E-state index contributed by atoms with van der Waals surface area (Å²) in [6.45, 7) is 5.81. The summed E-state index contributed by atoms with van der Waals surface area (Å²) in [5.74, 6) is 1.87. The van der Waals surface area contributed by atoms with E-state index in [2.05, 4.69) is 27.3 Å². The van der Waals surface area contributed by atoms with Gasteiger partial charge in [-0.2, -0.15) is 4.98 Å². The molecule has 0 saturated heterocycles. The second-order valence-corrected chi connectivity index (χ2v) is 4.94. The van der Waals surface area contributed by atoms with E-state index >= 15 is 0 Å². The maximum atomic E-state index is 5.48. The number of aromatic nitrogens is 4. The van der Waals surface area contributed by atoms with Gasteiger partial charge in [0, 0.05) is 13.3 Å². The van der Waals surface area contributed by atoms with Crippen LogP contribution < -0.4 is 0 Å². The van der Waals surface area contributed by atoms with E-state index in [1.165, 1.54) is 11.8 Å². The van der Waals surface area contributed by atoms with Crippen LogP contribution in [0, 0.1) is 6.92 Å². The van der Waals surface area contributed by atoms with Crippen molar-refractivity contribution in [3.63, 3.8) is 0 Å². The van der Waals surface area contributed by atoms with Crippen molar-refractivity contribution in [3.8, 4) is 0 Å². The van der Waals surface area contributed by atoms with Crippen molar-refractivity contribution in [2.24, 2.45) is 0 Å². The number of thioether (sulfide) groups is 1. The summed E-state index contributed by atoms with van der Waals surface area (Å²) in [7, 11) is 0. The minimum atomic E-state index is 0.0300. The standard InChI is InChI=1S/C10H14N4O2S/c1-4-5-8-12-13-10(15-8)17-6(2)9-11-7(3)16-14-9/h6H,4-5H2,1-3H3. The lowest BCUT2D eigenvalue weighted by Crippen LogP contribution is -1.91. The third-order valence-electron chi connectivity index (χ3n) is 2.10. The molecule has 92 valence electrons. The Kier molecular flexibility index (Phi) is 3.78. The van der Waals surface area contributed by atoms with Crippen molar-refractivity contribution in [1.82, 2.24) is 20.3 Å². The van der Waals surface area contributed by atoms with E-state index in [0.29, 0.717) is 22.8 Å². The number of nitrogens with zero attached hydrogens (tertiary/aromatic N) is 4. The van der Waals surface area contributed by atoms with Gasteiger partial charge in [-0.1, -0.05) is 23.8 Å². The zero-order valence-electron chi connectivity index (χ0n) is 10.0. The molecule has 0 aliphatic carbocycles. The topological polar surface area (TPSA) is 77.8 Å². The minimum absolute atomic E-state index is 0.0300. The monoisotopic (exact) mass is 254 g/mol. The van der Waals surface area contributed by atoms with Gasteiger partial charge in [0.1, 0.15) is 0 Å². The molecule has 0 aliphatic heterocycles. The quantitative estimate of drug-likeness (QED) is 0.759.